The van der Waals surface area contributed by atoms with Crippen molar-refractivity contribution in [3.8, 4) is 0 Å². The quantitative estimate of drug-likeness (QED) is 0.882. The van der Waals surface area contributed by atoms with Crippen molar-refractivity contribution in [3.63, 3.8) is 0 Å². The van der Waals surface area contributed by atoms with Gasteiger partial charge in [0.15, 0.2) is 0 Å². The number of carbonyl (C=O) groups excluding carboxylic acids is 1. The minimum atomic E-state index is 0.175. The number of nitrogens with zero attached hydrogens (tertiary/aromatic N) is 1. The van der Waals surface area contributed by atoms with Gasteiger partial charge in [-0.05, 0) is 18.4 Å². The first-order valence-corrected chi connectivity index (χ1v) is 7.27. The van der Waals surface area contributed by atoms with E-state index in [9.17, 15) is 4.79 Å². The molecule has 0 spiro atoms. The third-order valence-corrected chi connectivity index (χ3v) is 3.84. The molecular weight excluding hydrogens is 236 g/mol. The predicted molar refractivity (Wildman–Crippen MR) is 77.8 cm³/mol. The standard InChI is InChI=1S/C16H24N2O/c1-18(13-14-8-4-2-5-9-14)16(19)12-17-15-10-6-3-7-11-15/h2,4-5,8-9,15,17H,3,6-7,10-13H2,1H3. The summed E-state index contributed by atoms with van der Waals surface area (Å²) in [4.78, 5) is 13.9. The summed E-state index contributed by atoms with van der Waals surface area (Å²) in [6, 6.07) is 10.7. The first kappa shape index (κ1) is 14.1. The van der Waals surface area contributed by atoms with E-state index in [1.54, 1.807) is 4.90 Å². The van der Waals surface area contributed by atoms with E-state index in [4.69, 9.17) is 0 Å². The van der Waals surface area contributed by atoms with E-state index in [1.807, 2.05) is 25.2 Å². The van der Waals surface area contributed by atoms with Crippen molar-refractivity contribution in [3.05, 3.63) is 35.9 Å². The lowest BCUT2D eigenvalue weighted by molar-refractivity contribution is -0.129. The summed E-state index contributed by atoms with van der Waals surface area (Å²) in [6.45, 7) is 1.15. The molecule has 0 saturated heterocycles. The molecule has 1 saturated carbocycles. The molecule has 2 rings (SSSR count). The molecule has 3 heteroatoms. The van der Waals surface area contributed by atoms with Crippen LogP contribution in [0.25, 0.3) is 0 Å². The largest absolute Gasteiger partial charge is 0.340 e. The zero-order chi connectivity index (χ0) is 13.5. The van der Waals surface area contributed by atoms with Crippen LogP contribution in [0.15, 0.2) is 30.3 Å². The van der Waals surface area contributed by atoms with Gasteiger partial charge in [0.05, 0.1) is 6.54 Å². The van der Waals surface area contributed by atoms with Gasteiger partial charge in [-0.25, -0.2) is 0 Å². The summed E-state index contributed by atoms with van der Waals surface area (Å²) in [7, 11) is 1.87. The van der Waals surface area contributed by atoms with Crippen LogP contribution in [-0.2, 0) is 11.3 Å². The Labute approximate surface area is 116 Å². The van der Waals surface area contributed by atoms with Gasteiger partial charge in [-0.15, -0.1) is 0 Å². The molecule has 104 valence electrons. The van der Waals surface area contributed by atoms with Gasteiger partial charge in [-0.3, -0.25) is 4.79 Å². The van der Waals surface area contributed by atoms with Crippen LogP contribution in [0.3, 0.4) is 0 Å². The fourth-order valence-electron chi connectivity index (χ4n) is 2.62. The second-order valence-corrected chi connectivity index (χ2v) is 5.45. The topological polar surface area (TPSA) is 32.3 Å². The molecule has 1 N–H and O–H groups in total. The van der Waals surface area contributed by atoms with E-state index < -0.39 is 0 Å². The average Bonchev–Trinajstić information content (AvgIpc) is 2.47. The van der Waals surface area contributed by atoms with Crippen molar-refractivity contribution in [1.29, 1.82) is 0 Å². The molecule has 0 heterocycles. The number of nitrogens with one attached hydrogen (secondary N) is 1. The highest BCUT2D eigenvalue weighted by Gasteiger charge is 2.15. The van der Waals surface area contributed by atoms with Crippen molar-refractivity contribution in [2.24, 2.45) is 0 Å². The van der Waals surface area contributed by atoms with E-state index in [0.29, 0.717) is 19.1 Å². The second-order valence-electron chi connectivity index (χ2n) is 5.45. The van der Waals surface area contributed by atoms with Crippen molar-refractivity contribution < 1.29 is 4.79 Å². The summed E-state index contributed by atoms with van der Waals surface area (Å²) in [6.07, 6.45) is 6.38. The van der Waals surface area contributed by atoms with Gasteiger partial charge in [0.25, 0.3) is 0 Å². The number of amides is 1. The minimum Gasteiger partial charge on any atom is -0.340 e. The molecule has 0 unspecified atom stereocenters. The molecule has 1 aromatic rings. The van der Waals surface area contributed by atoms with E-state index in [-0.39, 0.29) is 5.91 Å². The van der Waals surface area contributed by atoms with Crippen LogP contribution in [0, 0.1) is 0 Å². The fourth-order valence-corrected chi connectivity index (χ4v) is 2.62. The first-order chi connectivity index (χ1) is 9.25. The average molecular weight is 260 g/mol. The lowest BCUT2D eigenvalue weighted by Crippen LogP contribution is -2.40. The molecule has 0 radical (unpaired) electrons. The molecule has 1 amide bonds. The number of hydrogen-bond donors (Lipinski definition) is 1. The van der Waals surface area contributed by atoms with Crippen LogP contribution in [-0.4, -0.2) is 30.4 Å². The van der Waals surface area contributed by atoms with Gasteiger partial charge in [-0.2, -0.15) is 0 Å². The molecule has 1 aliphatic carbocycles. The Morgan fingerprint density at radius 3 is 2.58 bits per heavy atom. The monoisotopic (exact) mass is 260 g/mol. The van der Waals surface area contributed by atoms with E-state index in [1.165, 1.54) is 37.7 Å². The first-order valence-electron chi connectivity index (χ1n) is 7.27. The Hall–Kier alpha value is -1.35. The van der Waals surface area contributed by atoms with Gasteiger partial charge in [0, 0.05) is 19.6 Å². The third kappa shape index (κ3) is 4.67. The highest BCUT2D eigenvalue weighted by molar-refractivity contribution is 5.78. The summed E-state index contributed by atoms with van der Waals surface area (Å²) in [5.74, 6) is 0.175. The lowest BCUT2D eigenvalue weighted by Gasteiger charge is -2.24. The Kier molecular flexibility index (Phi) is 5.40. The number of likely N-dealkylation sites (N-methyl/N-ethyl adjacent to an activating group) is 1. The molecule has 0 aliphatic heterocycles. The summed E-state index contributed by atoms with van der Waals surface area (Å²) < 4.78 is 0. The van der Waals surface area contributed by atoms with E-state index in [0.717, 1.165) is 0 Å². The zero-order valence-electron chi connectivity index (χ0n) is 11.8. The maximum absolute atomic E-state index is 12.1. The van der Waals surface area contributed by atoms with Crippen LogP contribution < -0.4 is 5.32 Å². The van der Waals surface area contributed by atoms with Crippen molar-refractivity contribution in [2.45, 2.75) is 44.7 Å². The molecule has 0 bridgehead atoms. The summed E-state index contributed by atoms with van der Waals surface area (Å²) >= 11 is 0. The van der Waals surface area contributed by atoms with Crippen LogP contribution >= 0.6 is 0 Å². The van der Waals surface area contributed by atoms with Crippen LogP contribution in [0.5, 0.6) is 0 Å². The van der Waals surface area contributed by atoms with Gasteiger partial charge in [0.2, 0.25) is 5.91 Å². The third-order valence-electron chi connectivity index (χ3n) is 3.84. The Morgan fingerprint density at radius 2 is 1.89 bits per heavy atom. The Morgan fingerprint density at radius 1 is 1.21 bits per heavy atom. The minimum absolute atomic E-state index is 0.175. The highest BCUT2D eigenvalue weighted by Crippen LogP contribution is 2.17. The van der Waals surface area contributed by atoms with E-state index >= 15 is 0 Å². The van der Waals surface area contributed by atoms with Crippen LogP contribution in [0.2, 0.25) is 0 Å². The zero-order valence-corrected chi connectivity index (χ0v) is 11.8. The number of hydrogen-bond acceptors (Lipinski definition) is 2. The van der Waals surface area contributed by atoms with Crippen molar-refractivity contribution >= 4 is 5.91 Å². The molecule has 0 atom stereocenters. The van der Waals surface area contributed by atoms with Crippen molar-refractivity contribution in [2.75, 3.05) is 13.6 Å². The SMILES string of the molecule is CN(Cc1ccccc1)C(=O)CNC1CCCCC1. The van der Waals surface area contributed by atoms with Crippen LogP contribution in [0.4, 0.5) is 0 Å². The van der Waals surface area contributed by atoms with E-state index in [2.05, 4.69) is 17.4 Å². The number of rotatable bonds is 5. The van der Waals surface area contributed by atoms with Gasteiger partial charge in [-0.1, -0.05) is 49.6 Å². The van der Waals surface area contributed by atoms with Crippen LogP contribution in [0.1, 0.15) is 37.7 Å². The number of benzene rings is 1. The smallest absolute Gasteiger partial charge is 0.236 e. The molecular formula is C16H24N2O. The molecule has 0 aromatic heterocycles. The summed E-state index contributed by atoms with van der Waals surface area (Å²) in [5, 5.41) is 3.40. The summed E-state index contributed by atoms with van der Waals surface area (Å²) in [5.41, 5.74) is 1.18. The van der Waals surface area contributed by atoms with Gasteiger partial charge in [0.1, 0.15) is 0 Å². The second kappa shape index (κ2) is 7.29. The molecule has 19 heavy (non-hydrogen) atoms. The molecule has 3 nitrogen and oxygen atoms in total. The van der Waals surface area contributed by atoms with Crippen molar-refractivity contribution in [1.82, 2.24) is 10.2 Å². The molecule has 1 aliphatic rings. The number of carbonyl (C=O) groups is 1. The van der Waals surface area contributed by atoms with Gasteiger partial charge >= 0.3 is 0 Å². The maximum Gasteiger partial charge on any atom is 0.236 e. The Bertz CT molecular complexity index is 385. The molecule has 1 fully saturated rings. The predicted octanol–water partition coefficient (Wildman–Crippen LogP) is 2.57. The maximum atomic E-state index is 12.1. The fraction of sp³-hybridized carbons (Fsp3) is 0.562. The Balaban J connectivity index is 1.73. The lowest BCUT2D eigenvalue weighted by atomic mass is 9.95. The van der Waals surface area contributed by atoms with Gasteiger partial charge < -0.3 is 10.2 Å². The molecule has 1 aromatic carbocycles. The highest BCUT2D eigenvalue weighted by atomic mass is 16.2. The normalized spacial score (nSPS) is 16.3.